The molecule has 2 N–H and O–H groups in total. The number of ether oxygens (including phenoxy) is 1. The molecule has 3 rings (SSSR count). The zero-order valence-corrected chi connectivity index (χ0v) is 21.7. The van der Waals surface area contributed by atoms with E-state index in [1.165, 1.54) is 22.3 Å². The number of carbonyl (C=O) groups is 1. The summed E-state index contributed by atoms with van der Waals surface area (Å²) >= 11 is 0. The molecule has 3 aromatic carbocycles. The number of hydrogen-bond donors (Lipinski definition) is 1. The molecule has 0 bridgehead atoms. The van der Waals surface area contributed by atoms with Crippen molar-refractivity contribution in [2.45, 2.75) is 73.7 Å². The number of quaternary nitrogens is 1. The van der Waals surface area contributed by atoms with E-state index in [1.807, 2.05) is 46.8 Å². The number of benzene rings is 3. The van der Waals surface area contributed by atoms with E-state index in [0.29, 0.717) is 6.54 Å². The zero-order chi connectivity index (χ0) is 24.9. The lowest BCUT2D eigenvalue weighted by Gasteiger charge is -2.28. The fraction of sp³-hybridized carbons (Fsp3) is 0.367. The maximum atomic E-state index is 13.1. The Morgan fingerprint density at radius 2 is 1.21 bits per heavy atom. The summed E-state index contributed by atoms with van der Waals surface area (Å²) < 4.78 is 5.72. The van der Waals surface area contributed by atoms with Crippen LogP contribution in [0.15, 0.2) is 60.7 Å². The predicted octanol–water partition coefficient (Wildman–Crippen LogP) is 6.13. The monoisotopic (exact) mass is 459 g/mol. The summed E-state index contributed by atoms with van der Waals surface area (Å²) in [6, 6.07) is 21.4. The van der Waals surface area contributed by atoms with Crippen molar-refractivity contribution >= 4 is 11.8 Å². The second-order valence-electron chi connectivity index (χ2n) is 10.4. The third-order valence-electron chi connectivity index (χ3n) is 5.54. The van der Waals surface area contributed by atoms with Gasteiger partial charge in [0.15, 0.2) is 0 Å². The van der Waals surface area contributed by atoms with E-state index in [4.69, 9.17) is 4.74 Å². The molecule has 180 valence electrons. The van der Waals surface area contributed by atoms with Crippen LogP contribution in [-0.2, 0) is 24.4 Å². The number of nitrogens with zero attached hydrogens (tertiary/aromatic N) is 1. The second kappa shape index (κ2) is 10.9. The smallest absolute Gasteiger partial charge is 0.415 e. The molecule has 0 unspecified atom stereocenters. The first-order valence-electron chi connectivity index (χ1n) is 12.0. The summed E-state index contributed by atoms with van der Waals surface area (Å²) in [4.78, 5) is 14.8. The normalized spacial score (nSPS) is 11.4. The van der Waals surface area contributed by atoms with E-state index >= 15 is 0 Å². The molecule has 4 heteroatoms. The van der Waals surface area contributed by atoms with Crippen molar-refractivity contribution in [1.29, 1.82) is 0 Å². The van der Waals surface area contributed by atoms with E-state index in [1.54, 1.807) is 4.90 Å². The van der Waals surface area contributed by atoms with E-state index in [-0.39, 0.29) is 6.09 Å². The topological polar surface area (TPSA) is 46.2 Å². The van der Waals surface area contributed by atoms with Crippen molar-refractivity contribution in [1.82, 2.24) is 0 Å². The molecule has 0 atom stereocenters. The Labute approximate surface area is 205 Å². The number of anilines is 1. The number of nitrogens with two attached hydrogens (primary N) is 1. The van der Waals surface area contributed by atoms with Crippen molar-refractivity contribution < 1.29 is 14.8 Å². The molecule has 0 radical (unpaired) electrons. The van der Waals surface area contributed by atoms with Gasteiger partial charge in [0.25, 0.3) is 0 Å². The van der Waals surface area contributed by atoms with Crippen LogP contribution in [0.25, 0.3) is 0 Å². The van der Waals surface area contributed by atoms with Gasteiger partial charge in [-0.2, -0.15) is 0 Å². The van der Waals surface area contributed by atoms with Crippen LogP contribution in [0.3, 0.4) is 0 Å². The van der Waals surface area contributed by atoms with Crippen molar-refractivity contribution in [2.24, 2.45) is 0 Å². The van der Waals surface area contributed by atoms with Crippen molar-refractivity contribution in [3.8, 4) is 0 Å². The van der Waals surface area contributed by atoms with Gasteiger partial charge in [0.2, 0.25) is 0 Å². The Kier molecular flexibility index (Phi) is 8.16. The molecule has 34 heavy (non-hydrogen) atoms. The minimum absolute atomic E-state index is 0.330. The number of rotatable bonds is 7. The minimum atomic E-state index is -0.552. The molecule has 0 spiro atoms. The molecule has 0 aliphatic heterocycles. The molecule has 0 saturated carbocycles. The highest BCUT2D eigenvalue weighted by Gasteiger charge is 2.24. The van der Waals surface area contributed by atoms with Gasteiger partial charge >= 0.3 is 6.09 Å². The summed E-state index contributed by atoms with van der Waals surface area (Å²) in [7, 11) is 0. The summed E-state index contributed by atoms with van der Waals surface area (Å²) in [5.74, 6) is 0. The van der Waals surface area contributed by atoms with Crippen molar-refractivity contribution in [2.75, 3.05) is 4.90 Å². The van der Waals surface area contributed by atoms with Gasteiger partial charge in [-0.25, -0.2) is 4.79 Å². The van der Waals surface area contributed by atoms with E-state index in [0.717, 1.165) is 35.5 Å². The molecule has 0 fully saturated rings. The van der Waals surface area contributed by atoms with Gasteiger partial charge in [0, 0.05) is 16.8 Å². The standard InChI is InChI=1S/C30H38N2O2/c1-21-12-22(2)15-27(14-21)19-31-18-25-8-10-26(11-9-25)20-32(29(33)34-30(5,6)7)28-16-23(3)13-24(4)17-28/h8-17,31H,18-20H2,1-7H3/p+1. The van der Waals surface area contributed by atoms with E-state index in [9.17, 15) is 4.79 Å². The van der Waals surface area contributed by atoms with Crippen LogP contribution in [0, 0.1) is 27.7 Å². The third kappa shape index (κ3) is 7.74. The van der Waals surface area contributed by atoms with Crippen LogP contribution >= 0.6 is 0 Å². The van der Waals surface area contributed by atoms with Crippen LogP contribution in [0.2, 0.25) is 0 Å². The van der Waals surface area contributed by atoms with E-state index in [2.05, 4.69) is 67.7 Å². The second-order valence-corrected chi connectivity index (χ2v) is 10.4. The zero-order valence-electron chi connectivity index (χ0n) is 21.7. The van der Waals surface area contributed by atoms with Gasteiger partial charge < -0.3 is 10.1 Å². The maximum Gasteiger partial charge on any atom is 0.415 e. The van der Waals surface area contributed by atoms with Gasteiger partial charge in [0.05, 0.1) is 6.54 Å². The maximum absolute atomic E-state index is 13.1. The molecule has 0 heterocycles. The molecule has 0 aliphatic rings. The lowest BCUT2D eigenvalue weighted by Crippen LogP contribution is -2.80. The number of carbonyl (C=O) groups excluding carboxylic acids is 1. The first kappa shape index (κ1) is 25.5. The minimum Gasteiger partial charge on any atom is -0.443 e. The quantitative estimate of drug-likeness (QED) is 0.462. The lowest BCUT2D eigenvalue weighted by atomic mass is 10.1. The first-order valence-corrected chi connectivity index (χ1v) is 12.0. The third-order valence-corrected chi connectivity index (χ3v) is 5.54. The highest BCUT2D eigenvalue weighted by molar-refractivity contribution is 5.88. The lowest BCUT2D eigenvalue weighted by molar-refractivity contribution is -0.686. The highest BCUT2D eigenvalue weighted by atomic mass is 16.6. The molecule has 3 aromatic rings. The summed E-state index contributed by atoms with van der Waals surface area (Å²) in [5, 5.41) is 2.33. The molecule has 0 aliphatic carbocycles. The Morgan fingerprint density at radius 3 is 1.74 bits per heavy atom. The van der Waals surface area contributed by atoms with Crippen molar-refractivity contribution in [3.63, 3.8) is 0 Å². The van der Waals surface area contributed by atoms with Crippen molar-refractivity contribution in [3.05, 3.63) is 99.6 Å². The fourth-order valence-electron chi connectivity index (χ4n) is 4.24. The van der Waals surface area contributed by atoms with Gasteiger partial charge in [-0.3, -0.25) is 4.90 Å². The SMILES string of the molecule is Cc1cc(C)cc(C[NH2+]Cc2ccc(CN(C(=O)OC(C)(C)C)c3cc(C)cc(C)c3)cc2)c1. The fourth-order valence-corrected chi connectivity index (χ4v) is 4.24. The van der Waals surface area contributed by atoms with Gasteiger partial charge in [-0.05, 0) is 77.3 Å². The van der Waals surface area contributed by atoms with Crippen LogP contribution in [-0.4, -0.2) is 11.7 Å². The van der Waals surface area contributed by atoms with Gasteiger partial charge in [-0.1, -0.05) is 59.7 Å². The van der Waals surface area contributed by atoms with E-state index < -0.39 is 5.60 Å². The van der Waals surface area contributed by atoms with Gasteiger partial charge in [-0.15, -0.1) is 0 Å². The molecule has 0 aromatic heterocycles. The summed E-state index contributed by atoms with van der Waals surface area (Å²) in [6.07, 6.45) is -0.330. The molecule has 0 saturated heterocycles. The van der Waals surface area contributed by atoms with Gasteiger partial charge in [0.1, 0.15) is 18.7 Å². The summed E-state index contributed by atoms with van der Waals surface area (Å²) in [6.45, 7) is 16.4. The average molecular weight is 460 g/mol. The largest absolute Gasteiger partial charge is 0.443 e. The Hall–Kier alpha value is -3.11. The number of hydrogen-bond acceptors (Lipinski definition) is 2. The number of aryl methyl sites for hydroxylation is 4. The van der Waals surface area contributed by atoms with Crippen LogP contribution in [0.1, 0.15) is 59.7 Å². The van der Waals surface area contributed by atoms with Crippen LogP contribution < -0.4 is 10.2 Å². The molecule has 1 amide bonds. The Balaban J connectivity index is 1.69. The Morgan fingerprint density at radius 1 is 0.735 bits per heavy atom. The predicted molar refractivity (Wildman–Crippen MR) is 140 cm³/mol. The molecule has 4 nitrogen and oxygen atoms in total. The van der Waals surface area contributed by atoms with Crippen LogP contribution in [0.4, 0.5) is 10.5 Å². The first-order chi connectivity index (χ1) is 16.0. The highest BCUT2D eigenvalue weighted by Crippen LogP contribution is 2.24. The van der Waals surface area contributed by atoms with Crippen LogP contribution in [0.5, 0.6) is 0 Å². The summed E-state index contributed by atoms with van der Waals surface area (Å²) in [5.41, 5.74) is 8.87. The molecular weight excluding hydrogens is 420 g/mol. The molecular formula is C30H39N2O2+. The number of amides is 1. The Bertz CT molecular complexity index is 1090. The average Bonchev–Trinajstić information content (AvgIpc) is 2.70.